The van der Waals surface area contributed by atoms with E-state index in [9.17, 15) is 9.90 Å². The van der Waals surface area contributed by atoms with Gasteiger partial charge in [-0.25, -0.2) is 0 Å². The van der Waals surface area contributed by atoms with E-state index in [0.29, 0.717) is 18.5 Å². The zero-order chi connectivity index (χ0) is 18.8. The van der Waals surface area contributed by atoms with Gasteiger partial charge in [0.2, 0.25) is 0 Å². The van der Waals surface area contributed by atoms with Gasteiger partial charge < -0.3 is 16.2 Å². The van der Waals surface area contributed by atoms with Crippen LogP contribution in [0.3, 0.4) is 0 Å². The van der Waals surface area contributed by atoms with Gasteiger partial charge in [-0.1, -0.05) is 30.3 Å². The molecule has 0 aliphatic carbocycles. The molecule has 2 aliphatic heterocycles. The molecule has 0 saturated carbocycles. The molecule has 0 aromatic heterocycles. The van der Waals surface area contributed by atoms with Crippen LogP contribution in [0.2, 0.25) is 0 Å². The maximum Gasteiger partial charge on any atom is 0.256 e. The summed E-state index contributed by atoms with van der Waals surface area (Å²) in [6, 6.07) is 13.7. The highest BCUT2D eigenvalue weighted by Crippen LogP contribution is 2.36. The Balaban J connectivity index is 1.81. The molecule has 0 fully saturated rings. The number of aliphatic hydroxyl groups excluding tert-OH is 1. The Morgan fingerprint density at radius 3 is 2.81 bits per heavy atom. The number of nitrogens with one attached hydrogen (secondary N) is 1. The van der Waals surface area contributed by atoms with E-state index < -0.39 is 0 Å². The van der Waals surface area contributed by atoms with E-state index in [1.54, 1.807) is 0 Å². The minimum absolute atomic E-state index is 0.0467. The molecule has 4 N–H and O–H groups in total. The summed E-state index contributed by atoms with van der Waals surface area (Å²) in [4.78, 5) is 17.5. The van der Waals surface area contributed by atoms with Gasteiger partial charge in [0.15, 0.2) is 0 Å². The van der Waals surface area contributed by atoms with Crippen molar-refractivity contribution in [2.45, 2.75) is 25.3 Å². The summed E-state index contributed by atoms with van der Waals surface area (Å²) in [5.41, 5.74) is 10.2. The second kappa shape index (κ2) is 7.47. The number of nitrogens with two attached hydrogens (primary N) is 1. The van der Waals surface area contributed by atoms with Crippen LogP contribution in [0.25, 0.3) is 11.1 Å². The standard InChI is InChI=1S/C22H23N3O2/c23-11-4-7-16-15-6-1-2-8-18(15)24-20(16)13-17-21-14(10-12-26)5-3-9-19(21)25-22(17)27/h1-3,5-6,8-9,13,20,26H,4,7,10-12,23H2,(H,25,27)/b17-13-. The molecule has 5 heteroatoms. The van der Waals surface area contributed by atoms with Crippen molar-refractivity contribution in [3.8, 4) is 0 Å². The summed E-state index contributed by atoms with van der Waals surface area (Å²) in [5.74, 6) is -0.111. The minimum atomic E-state index is -0.164. The molecule has 0 bridgehead atoms. The van der Waals surface area contributed by atoms with E-state index in [-0.39, 0.29) is 18.6 Å². The number of aliphatic hydroxyl groups is 1. The van der Waals surface area contributed by atoms with Crippen molar-refractivity contribution in [3.05, 3.63) is 70.2 Å². The quantitative estimate of drug-likeness (QED) is 0.675. The maximum absolute atomic E-state index is 12.7. The Labute approximate surface area is 157 Å². The number of benzene rings is 2. The lowest BCUT2D eigenvalue weighted by Gasteiger charge is -2.11. The molecule has 1 unspecified atom stereocenters. The number of carbonyl (C=O) groups excluding carboxylic acids is 1. The monoisotopic (exact) mass is 361 g/mol. The summed E-state index contributed by atoms with van der Waals surface area (Å²) >= 11 is 0. The molecule has 5 nitrogen and oxygen atoms in total. The molecular weight excluding hydrogens is 338 g/mol. The predicted octanol–water partition coefficient (Wildman–Crippen LogP) is 1.15. The topological polar surface area (TPSA) is 87.7 Å². The number of hydrogen-bond donors (Lipinski definition) is 3. The van der Waals surface area contributed by atoms with Crippen LogP contribution in [0.4, 0.5) is 5.69 Å². The Kier molecular flexibility index (Phi) is 4.88. The minimum Gasteiger partial charge on any atom is -0.396 e. The van der Waals surface area contributed by atoms with Crippen molar-refractivity contribution in [1.82, 2.24) is 0 Å². The molecule has 0 saturated heterocycles. The van der Waals surface area contributed by atoms with E-state index in [4.69, 9.17) is 10.7 Å². The smallest absolute Gasteiger partial charge is 0.256 e. The highest BCUT2D eigenvalue weighted by molar-refractivity contribution is 6.32. The van der Waals surface area contributed by atoms with Gasteiger partial charge in [-0.3, -0.25) is 9.79 Å². The SMILES string of the molecule is NCCCC1=c2ccccc2=NC1/C=C1\C(=O)Nc2cccc(CCO)c21. The first-order chi connectivity index (χ1) is 13.2. The summed E-state index contributed by atoms with van der Waals surface area (Å²) < 4.78 is 0. The van der Waals surface area contributed by atoms with Gasteiger partial charge in [-0.15, -0.1) is 0 Å². The number of para-hydroxylation sites is 1. The van der Waals surface area contributed by atoms with Crippen LogP contribution in [-0.4, -0.2) is 30.2 Å². The molecule has 2 aliphatic rings. The number of hydrogen-bond acceptors (Lipinski definition) is 4. The first kappa shape index (κ1) is 17.6. The van der Waals surface area contributed by atoms with E-state index >= 15 is 0 Å². The lowest BCUT2D eigenvalue weighted by molar-refractivity contribution is -0.110. The Bertz CT molecular complexity index is 1040. The number of carbonyl (C=O) groups is 1. The number of rotatable bonds is 6. The van der Waals surface area contributed by atoms with Crippen molar-refractivity contribution < 1.29 is 9.90 Å². The van der Waals surface area contributed by atoms with Crippen LogP contribution >= 0.6 is 0 Å². The van der Waals surface area contributed by atoms with Crippen molar-refractivity contribution >= 4 is 22.7 Å². The summed E-state index contributed by atoms with van der Waals surface area (Å²) in [6.45, 7) is 0.671. The maximum atomic E-state index is 12.7. The molecule has 2 heterocycles. The third-order valence-electron chi connectivity index (χ3n) is 5.15. The van der Waals surface area contributed by atoms with Crippen molar-refractivity contribution in [3.63, 3.8) is 0 Å². The number of amides is 1. The first-order valence-electron chi connectivity index (χ1n) is 9.35. The molecular formula is C22H23N3O2. The number of fused-ring (bicyclic) bond motifs is 2. The van der Waals surface area contributed by atoms with Gasteiger partial charge in [0.1, 0.15) is 0 Å². The zero-order valence-corrected chi connectivity index (χ0v) is 15.1. The van der Waals surface area contributed by atoms with Gasteiger partial charge in [-0.2, -0.15) is 0 Å². The van der Waals surface area contributed by atoms with E-state index in [2.05, 4.69) is 11.4 Å². The van der Waals surface area contributed by atoms with E-state index in [1.807, 2.05) is 42.5 Å². The number of anilines is 1. The second-order valence-corrected chi connectivity index (χ2v) is 6.86. The van der Waals surface area contributed by atoms with Gasteiger partial charge in [0.05, 0.1) is 11.4 Å². The normalized spacial score (nSPS) is 19.0. The molecule has 0 spiro atoms. The second-order valence-electron chi connectivity index (χ2n) is 6.86. The fourth-order valence-electron chi connectivity index (χ4n) is 3.93. The van der Waals surface area contributed by atoms with Crippen LogP contribution in [0.5, 0.6) is 0 Å². The van der Waals surface area contributed by atoms with Gasteiger partial charge in [0.25, 0.3) is 5.91 Å². The predicted molar refractivity (Wildman–Crippen MR) is 107 cm³/mol. The fourth-order valence-corrected chi connectivity index (χ4v) is 3.93. The molecule has 1 atom stereocenters. The Morgan fingerprint density at radius 1 is 1.15 bits per heavy atom. The lowest BCUT2D eigenvalue weighted by Crippen LogP contribution is -2.22. The lowest BCUT2D eigenvalue weighted by atomic mass is 9.94. The van der Waals surface area contributed by atoms with Crippen LogP contribution in [0, 0.1) is 0 Å². The zero-order valence-electron chi connectivity index (χ0n) is 15.1. The van der Waals surface area contributed by atoms with Crippen LogP contribution in [-0.2, 0) is 11.2 Å². The molecule has 1 amide bonds. The molecule has 0 radical (unpaired) electrons. The van der Waals surface area contributed by atoms with Crippen molar-refractivity contribution in [2.75, 3.05) is 18.5 Å². The molecule has 27 heavy (non-hydrogen) atoms. The third kappa shape index (κ3) is 3.20. The summed E-state index contributed by atoms with van der Waals surface area (Å²) in [6.07, 6.45) is 4.23. The fraction of sp³-hybridized carbons (Fsp3) is 0.273. The van der Waals surface area contributed by atoms with Crippen LogP contribution in [0.1, 0.15) is 24.0 Å². The van der Waals surface area contributed by atoms with Crippen LogP contribution in [0.15, 0.2) is 53.5 Å². The number of nitrogens with zero attached hydrogens (tertiary/aromatic N) is 1. The largest absolute Gasteiger partial charge is 0.396 e. The summed E-state index contributed by atoms with van der Waals surface area (Å²) in [7, 11) is 0. The average Bonchev–Trinajstić information content (AvgIpc) is 3.18. The molecule has 2 aromatic carbocycles. The molecule has 4 rings (SSSR count). The molecule has 138 valence electrons. The third-order valence-corrected chi connectivity index (χ3v) is 5.15. The summed E-state index contributed by atoms with van der Waals surface area (Å²) in [5, 5.41) is 14.4. The highest BCUT2D eigenvalue weighted by atomic mass is 16.3. The highest BCUT2D eigenvalue weighted by Gasteiger charge is 2.29. The van der Waals surface area contributed by atoms with E-state index in [1.165, 1.54) is 5.57 Å². The molecule has 2 aromatic rings. The Morgan fingerprint density at radius 2 is 2.00 bits per heavy atom. The first-order valence-corrected chi connectivity index (χ1v) is 9.35. The van der Waals surface area contributed by atoms with Crippen molar-refractivity contribution in [1.29, 1.82) is 0 Å². The Hall–Kier alpha value is -2.76. The van der Waals surface area contributed by atoms with Gasteiger partial charge in [-0.05, 0) is 55.2 Å². The van der Waals surface area contributed by atoms with Gasteiger partial charge in [0, 0.05) is 28.6 Å². The van der Waals surface area contributed by atoms with Crippen LogP contribution < -0.4 is 21.6 Å². The average molecular weight is 361 g/mol. The van der Waals surface area contributed by atoms with E-state index in [0.717, 1.165) is 40.2 Å². The van der Waals surface area contributed by atoms with Crippen molar-refractivity contribution in [2.24, 2.45) is 10.7 Å². The van der Waals surface area contributed by atoms with Gasteiger partial charge >= 0.3 is 0 Å².